The van der Waals surface area contributed by atoms with Crippen LogP contribution in [0.1, 0.15) is 34.6 Å². The Kier molecular flexibility index (Phi) is 6.65. The number of alkyl carbamates (subject to hydrolysis) is 1. The molecule has 4 rings (SSSR count). The van der Waals surface area contributed by atoms with Crippen molar-refractivity contribution in [3.05, 3.63) is 101 Å². The van der Waals surface area contributed by atoms with Crippen molar-refractivity contribution < 1.29 is 9.53 Å². The lowest BCUT2D eigenvalue weighted by Crippen LogP contribution is -2.26. The lowest BCUT2D eigenvalue weighted by atomic mass is 9.98. The molecule has 1 aliphatic carbocycles. The van der Waals surface area contributed by atoms with Crippen molar-refractivity contribution in [1.82, 2.24) is 5.32 Å². The van der Waals surface area contributed by atoms with E-state index in [1.807, 2.05) is 12.1 Å². The number of carbonyl (C=O) groups is 1. The molecule has 1 aliphatic rings. The molecule has 0 bridgehead atoms. The average molecular weight is 462 g/mol. The van der Waals surface area contributed by atoms with Gasteiger partial charge < -0.3 is 10.1 Å². The van der Waals surface area contributed by atoms with Gasteiger partial charge in [0.05, 0.1) is 0 Å². The van der Waals surface area contributed by atoms with E-state index >= 15 is 0 Å². The zero-order chi connectivity index (χ0) is 20.8. The summed E-state index contributed by atoms with van der Waals surface area (Å²) >= 11 is 3.45. The third-order valence-corrected chi connectivity index (χ3v) is 6.02. The Bertz CT molecular complexity index is 997. The minimum Gasteiger partial charge on any atom is -0.449 e. The van der Waals surface area contributed by atoms with E-state index in [0.717, 1.165) is 17.3 Å². The highest BCUT2D eigenvalue weighted by Gasteiger charge is 2.28. The first kappa shape index (κ1) is 20.4. The molecule has 0 atom stereocenters. The van der Waals surface area contributed by atoms with Crippen LogP contribution in [0.15, 0.2) is 78.9 Å². The van der Waals surface area contributed by atoms with Gasteiger partial charge in [-0.05, 0) is 39.8 Å². The summed E-state index contributed by atoms with van der Waals surface area (Å²) in [5.41, 5.74) is 7.32. The molecule has 0 radical (unpaired) electrons. The molecule has 0 spiro atoms. The van der Waals surface area contributed by atoms with E-state index in [1.165, 1.54) is 27.8 Å². The predicted octanol–water partition coefficient (Wildman–Crippen LogP) is 6.52. The molecule has 152 valence electrons. The first-order chi connectivity index (χ1) is 14.8. The number of fused-ring (bicyclic) bond motifs is 3. The lowest BCUT2D eigenvalue weighted by molar-refractivity contribution is 0.143. The Morgan fingerprint density at radius 2 is 1.57 bits per heavy atom. The highest BCUT2D eigenvalue weighted by molar-refractivity contribution is 9.08. The van der Waals surface area contributed by atoms with Crippen LogP contribution in [0, 0.1) is 0 Å². The molecule has 0 aliphatic heterocycles. The molecule has 3 nitrogen and oxygen atoms in total. The van der Waals surface area contributed by atoms with E-state index in [2.05, 4.69) is 94.1 Å². The molecule has 1 amide bonds. The normalized spacial score (nSPS) is 12.6. The Hall–Kier alpha value is -2.85. The van der Waals surface area contributed by atoms with Crippen molar-refractivity contribution in [3.8, 4) is 11.1 Å². The van der Waals surface area contributed by atoms with Gasteiger partial charge in [-0.3, -0.25) is 0 Å². The summed E-state index contributed by atoms with van der Waals surface area (Å²) in [6.45, 7) is 0.891. The van der Waals surface area contributed by atoms with Crippen molar-refractivity contribution >= 4 is 28.1 Å². The van der Waals surface area contributed by atoms with Crippen LogP contribution in [0.3, 0.4) is 0 Å². The Balaban J connectivity index is 1.26. The number of hydrogen-bond acceptors (Lipinski definition) is 2. The molecule has 0 unspecified atom stereocenters. The Morgan fingerprint density at radius 3 is 2.20 bits per heavy atom. The summed E-state index contributed by atoms with van der Waals surface area (Å²) in [5, 5.41) is 3.70. The topological polar surface area (TPSA) is 38.3 Å². The number of hydrogen-bond donors (Lipinski definition) is 1. The minimum absolute atomic E-state index is 0.0885. The molecule has 1 N–H and O–H groups in total. The molecule has 0 heterocycles. The molecule has 0 saturated carbocycles. The van der Waals surface area contributed by atoms with Crippen molar-refractivity contribution in [2.24, 2.45) is 0 Å². The quantitative estimate of drug-likeness (QED) is 0.321. The summed E-state index contributed by atoms with van der Waals surface area (Å²) in [6, 6.07) is 25.1. The largest absolute Gasteiger partial charge is 0.449 e. The summed E-state index contributed by atoms with van der Waals surface area (Å²) in [7, 11) is 0. The molecular formula is C26H24BrNO2. The number of rotatable bonds is 7. The minimum atomic E-state index is -0.369. The summed E-state index contributed by atoms with van der Waals surface area (Å²) < 4.78 is 5.55. The average Bonchev–Trinajstić information content (AvgIpc) is 3.12. The van der Waals surface area contributed by atoms with Gasteiger partial charge >= 0.3 is 6.09 Å². The molecule has 0 fully saturated rings. The fraction of sp³-hybridized carbons (Fsp3) is 0.192. The van der Waals surface area contributed by atoms with Crippen LogP contribution in [0.4, 0.5) is 4.79 Å². The van der Waals surface area contributed by atoms with Crippen molar-refractivity contribution in [2.75, 3.05) is 13.2 Å². The van der Waals surface area contributed by atoms with Gasteiger partial charge in [-0.1, -0.05) is 101 Å². The van der Waals surface area contributed by atoms with E-state index in [0.29, 0.717) is 13.2 Å². The van der Waals surface area contributed by atoms with Gasteiger partial charge in [0.1, 0.15) is 6.61 Å². The summed E-state index contributed by atoms with van der Waals surface area (Å²) in [6.07, 6.45) is 4.52. The standard InChI is InChI=1S/C26H24BrNO2/c27-17-20-14-12-19(13-15-20)7-5-6-16-28-26(29)30-18-25-23-10-3-1-8-21(23)22-9-2-4-11-24(22)25/h1-5,7-15,25H,6,16-18H2,(H,28,29). The van der Waals surface area contributed by atoms with Gasteiger partial charge in [0, 0.05) is 17.8 Å². The van der Waals surface area contributed by atoms with E-state index in [9.17, 15) is 4.79 Å². The molecule has 3 aromatic rings. The Morgan fingerprint density at radius 1 is 0.933 bits per heavy atom. The van der Waals surface area contributed by atoms with Crippen LogP contribution >= 0.6 is 15.9 Å². The van der Waals surface area contributed by atoms with Crippen LogP contribution in [-0.2, 0) is 10.1 Å². The van der Waals surface area contributed by atoms with Gasteiger partial charge in [-0.2, -0.15) is 0 Å². The van der Waals surface area contributed by atoms with Gasteiger partial charge in [0.25, 0.3) is 0 Å². The summed E-state index contributed by atoms with van der Waals surface area (Å²) in [5.74, 6) is 0.0885. The summed E-state index contributed by atoms with van der Waals surface area (Å²) in [4.78, 5) is 12.2. The fourth-order valence-electron chi connectivity index (χ4n) is 3.84. The first-order valence-electron chi connectivity index (χ1n) is 10.2. The molecule has 30 heavy (non-hydrogen) atoms. The predicted molar refractivity (Wildman–Crippen MR) is 126 cm³/mol. The second kappa shape index (κ2) is 9.77. The smallest absolute Gasteiger partial charge is 0.407 e. The fourth-order valence-corrected chi connectivity index (χ4v) is 4.22. The third kappa shape index (κ3) is 4.65. The van der Waals surface area contributed by atoms with Gasteiger partial charge in [0.15, 0.2) is 0 Å². The molecule has 3 aromatic carbocycles. The first-order valence-corrected chi connectivity index (χ1v) is 11.3. The van der Waals surface area contributed by atoms with Gasteiger partial charge in [-0.25, -0.2) is 4.79 Å². The van der Waals surface area contributed by atoms with Gasteiger partial charge in [0.2, 0.25) is 0 Å². The van der Waals surface area contributed by atoms with Crippen LogP contribution in [-0.4, -0.2) is 19.2 Å². The zero-order valence-electron chi connectivity index (χ0n) is 16.7. The van der Waals surface area contributed by atoms with Gasteiger partial charge in [-0.15, -0.1) is 0 Å². The molecular weight excluding hydrogens is 438 g/mol. The number of halogens is 1. The molecule has 0 aromatic heterocycles. The van der Waals surface area contributed by atoms with Crippen LogP contribution < -0.4 is 5.32 Å². The Labute approximate surface area is 185 Å². The molecule has 4 heteroatoms. The maximum absolute atomic E-state index is 12.2. The van der Waals surface area contributed by atoms with Crippen molar-refractivity contribution in [1.29, 1.82) is 0 Å². The monoisotopic (exact) mass is 461 g/mol. The second-order valence-electron chi connectivity index (χ2n) is 7.32. The third-order valence-electron chi connectivity index (χ3n) is 5.37. The van der Waals surface area contributed by atoms with E-state index in [-0.39, 0.29) is 12.0 Å². The number of carbonyl (C=O) groups excluding carboxylic acids is 1. The number of amides is 1. The van der Waals surface area contributed by atoms with Crippen molar-refractivity contribution in [3.63, 3.8) is 0 Å². The number of nitrogens with one attached hydrogen (secondary N) is 1. The number of ether oxygens (including phenoxy) is 1. The van der Waals surface area contributed by atoms with Crippen LogP contribution in [0.2, 0.25) is 0 Å². The highest BCUT2D eigenvalue weighted by Crippen LogP contribution is 2.44. The number of alkyl halides is 1. The van der Waals surface area contributed by atoms with Crippen LogP contribution in [0.5, 0.6) is 0 Å². The maximum Gasteiger partial charge on any atom is 0.407 e. The lowest BCUT2D eigenvalue weighted by Gasteiger charge is -2.14. The zero-order valence-corrected chi connectivity index (χ0v) is 18.3. The van der Waals surface area contributed by atoms with Crippen molar-refractivity contribution in [2.45, 2.75) is 17.7 Å². The van der Waals surface area contributed by atoms with Crippen LogP contribution in [0.25, 0.3) is 17.2 Å². The number of benzene rings is 3. The van der Waals surface area contributed by atoms with E-state index < -0.39 is 0 Å². The van der Waals surface area contributed by atoms with E-state index in [1.54, 1.807) is 0 Å². The maximum atomic E-state index is 12.2. The SMILES string of the molecule is O=C(NCCC=Cc1ccc(CBr)cc1)OCC1c2ccccc2-c2ccccc21. The molecule has 0 saturated heterocycles. The van der Waals surface area contributed by atoms with E-state index in [4.69, 9.17) is 4.74 Å². The second-order valence-corrected chi connectivity index (χ2v) is 7.88. The highest BCUT2D eigenvalue weighted by atomic mass is 79.9.